The lowest BCUT2D eigenvalue weighted by molar-refractivity contribution is -0.126. The summed E-state index contributed by atoms with van der Waals surface area (Å²) in [6.45, 7) is 3.31. The summed E-state index contributed by atoms with van der Waals surface area (Å²) in [4.78, 5) is 12.8. The third-order valence-electron chi connectivity index (χ3n) is 5.23. The van der Waals surface area contributed by atoms with Crippen LogP contribution in [0.4, 0.5) is 0 Å². The van der Waals surface area contributed by atoms with Gasteiger partial charge in [0.25, 0.3) is 0 Å². The lowest BCUT2D eigenvalue weighted by atomic mass is 9.98. The van der Waals surface area contributed by atoms with Gasteiger partial charge in [0.15, 0.2) is 0 Å². The first kappa shape index (κ1) is 21.8. The number of rotatable bonds is 7. The van der Waals surface area contributed by atoms with E-state index in [4.69, 9.17) is 11.6 Å². The Morgan fingerprint density at radius 2 is 1.97 bits per heavy atom. The molecule has 0 unspecified atom stereocenters. The third-order valence-corrected chi connectivity index (χ3v) is 7.36. The van der Waals surface area contributed by atoms with Crippen LogP contribution < -0.4 is 5.32 Å². The molecule has 1 amide bonds. The second-order valence-corrected chi connectivity index (χ2v) is 9.91. The molecule has 1 aliphatic heterocycles. The molecule has 1 aliphatic rings. The number of nitrogens with zero attached hydrogens (tertiary/aromatic N) is 1. The number of carbonyl (C=O) groups is 1. The molecule has 1 saturated heterocycles. The number of benzene rings is 2. The zero-order valence-electron chi connectivity index (χ0n) is 16.6. The summed E-state index contributed by atoms with van der Waals surface area (Å²) in [5, 5.41) is 3.47. The molecule has 156 valence electrons. The highest BCUT2D eigenvalue weighted by Crippen LogP contribution is 2.24. The minimum absolute atomic E-state index is 0.0646. The molecule has 2 aromatic carbocycles. The molecule has 0 aromatic heterocycles. The summed E-state index contributed by atoms with van der Waals surface area (Å²) >= 11 is 5.86. The molecule has 3 rings (SSSR count). The van der Waals surface area contributed by atoms with Crippen molar-refractivity contribution in [2.75, 3.05) is 19.6 Å². The van der Waals surface area contributed by atoms with Gasteiger partial charge in [0, 0.05) is 24.7 Å². The maximum Gasteiger partial charge on any atom is 0.243 e. The van der Waals surface area contributed by atoms with Crippen LogP contribution in [0.3, 0.4) is 0 Å². The first-order valence-electron chi connectivity index (χ1n) is 9.95. The van der Waals surface area contributed by atoms with Crippen LogP contribution in [-0.4, -0.2) is 38.3 Å². The third kappa shape index (κ3) is 5.81. The molecule has 0 saturated carbocycles. The number of sulfonamides is 1. The van der Waals surface area contributed by atoms with E-state index in [9.17, 15) is 13.2 Å². The Bertz CT molecular complexity index is 945. The highest BCUT2D eigenvalue weighted by Gasteiger charge is 2.33. The summed E-state index contributed by atoms with van der Waals surface area (Å²) in [5.74, 6) is -0.380. The normalized spacial score (nSPS) is 17.8. The molecule has 29 heavy (non-hydrogen) atoms. The molecule has 5 nitrogen and oxygen atoms in total. The predicted octanol–water partition coefficient (Wildman–Crippen LogP) is 3.80. The van der Waals surface area contributed by atoms with E-state index in [0.29, 0.717) is 31.0 Å². The molecular formula is C22H27ClN2O3S. The molecule has 1 fully saturated rings. The van der Waals surface area contributed by atoms with Crippen molar-refractivity contribution in [2.45, 2.75) is 37.5 Å². The van der Waals surface area contributed by atoms with Gasteiger partial charge >= 0.3 is 0 Å². The summed E-state index contributed by atoms with van der Waals surface area (Å²) < 4.78 is 27.1. The van der Waals surface area contributed by atoms with Gasteiger partial charge in [0.1, 0.15) is 0 Å². The van der Waals surface area contributed by atoms with Crippen LogP contribution in [0.25, 0.3) is 0 Å². The van der Waals surface area contributed by atoms with Crippen LogP contribution in [0, 0.1) is 12.8 Å². The summed E-state index contributed by atoms with van der Waals surface area (Å²) in [5.41, 5.74) is 2.49. The van der Waals surface area contributed by atoms with Gasteiger partial charge in [0.05, 0.1) is 10.8 Å². The van der Waals surface area contributed by atoms with E-state index in [1.54, 1.807) is 12.1 Å². The molecule has 0 aliphatic carbocycles. The van der Waals surface area contributed by atoms with E-state index in [0.717, 1.165) is 12.8 Å². The maximum atomic E-state index is 12.9. The fraction of sp³-hybridized carbons (Fsp3) is 0.409. The Balaban J connectivity index is 1.51. The fourth-order valence-corrected chi connectivity index (χ4v) is 5.30. The van der Waals surface area contributed by atoms with E-state index in [-0.39, 0.29) is 23.3 Å². The van der Waals surface area contributed by atoms with Crippen LogP contribution in [-0.2, 0) is 21.2 Å². The van der Waals surface area contributed by atoms with Crippen molar-refractivity contribution in [3.05, 3.63) is 64.7 Å². The van der Waals surface area contributed by atoms with Crippen molar-refractivity contribution in [3.63, 3.8) is 0 Å². The zero-order valence-corrected chi connectivity index (χ0v) is 18.2. The smallest absolute Gasteiger partial charge is 0.243 e. The SMILES string of the molecule is Cc1cccc(CCCNC(=O)[C@H]2CCCN(S(=O)(=O)c3ccc(Cl)cc3)C2)c1. The van der Waals surface area contributed by atoms with E-state index in [1.165, 1.54) is 27.6 Å². The second-order valence-electron chi connectivity index (χ2n) is 7.54. The van der Waals surface area contributed by atoms with Crippen molar-refractivity contribution in [2.24, 2.45) is 5.92 Å². The van der Waals surface area contributed by atoms with Crippen LogP contribution in [0.1, 0.15) is 30.4 Å². The van der Waals surface area contributed by atoms with Gasteiger partial charge < -0.3 is 5.32 Å². The summed E-state index contributed by atoms with van der Waals surface area (Å²) in [7, 11) is -3.62. The average Bonchev–Trinajstić information content (AvgIpc) is 2.71. The first-order chi connectivity index (χ1) is 13.9. The minimum Gasteiger partial charge on any atom is -0.356 e. The lowest BCUT2D eigenvalue weighted by Crippen LogP contribution is -2.45. The van der Waals surface area contributed by atoms with Crippen molar-refractivity contribution in [1.29, 1.82) is 0 Å². The van der Waals surface area contributed by atoms with Crippen LogP contribution in [0.2, 0.25) is 5.02 Å². The molecule has 1 atom stereocenters. The van der Waals surface area contributed by atoms with Gasteiger partial charge in [-0.2, -0.15) is 4.31 Å². The van der Waals surface area contributed by atoms with Crippen LogP contribution >= 0.6 is 11.6 Å². The van der Waals surface area contributed by atoms with E-state index >= 15 is 0 Å². The average molecular weight is 435 g/mol. The molecule has 0 bridgehead atoms. The monoisotopic (exact) mass is 434 g/mol. The predicted molar refractivity (Wildman–Crippen MR) is 115 cm³/mol. The Labute approximate surface area is 178 Å². The zero-order chi connectivity index (χ0) is 20.9. The van der Waals surface area contributed by atoms with Crippen molar-refractivity contribution < 1.29 is 13.2 Å². The number of piperidine rings is 1. The van der Waals surface area contributed by atoms with Gasteiger partial charge in [-0.15, -0.1) is 0 Å². The number of carbonyl (C=O) groups excluding carboxylic acids is 1. The first-order valence-corrected chi connectivity index (χ1v) is 11.8. The van der Waals surface area contributed by atoms with Gasteiger partial charge in [-0.3, -0.25) is 4.79 Å². The van der Waals surface area contributed by atoms with Gasteiger partial charge in [-0.25, -0.2) is 8.42 Å². The Hall–Kier alpha value is -1.89. The Morgan fingerprint density at radius 3 is 2.69 bits per heavy atom. The number of hydrogen-bond donors (Lipinski definition) is 1. The molecule has 2 aromatic rings. The minimum atomic E-state index is -3.62. The molecule has 1 N–H and O–H groups in total. The quantitative estimate of drug-likeness (QED) is 0.674. The maximum absolute atomic E-state index is 12.9. The topological polar surface area (TPSA) is 66.5 Å². The molecule has 7 heteroatoms. The molecule has 1 heterocycles. The van der Waals surface area contributed by atoms with E-state index < -0.39 is 10.0 Å². The highest BCUT2D eigenvalue weighted by atomic mass is 35.5. The fourth-order valence-electron chi connectivity index (χ4n) is 3.65. The van der Waals surface area contributed by atoms with E-state index in [1.807, 2.05) is 6.07 Å². The number of aryl methyl sites for hydroxylation is 2. The van der Waals surface area contributed by atoms with Crippen LogP contribution in [0.15, 0.2) is 53.4 Å². The summed E-state index contributed by atoms with van der Waals surface area (Å²) in [6.07, 6.45) is 3.14. The number of halogens is 1. The van der Waals surface area contributed by atoms with Crippen molar-refractivity contribution in [1.82, 2.24) is 9.62 Å². The van der Waals surface area contributed by atoms with Gasteiger partial charge in [-0.05, 0) is 62.4 Å². The van der Waals surface area contributed by atoms with Crippen molar-refractivity contribution >= 4 is 27.5 Å². The number of nitrogens with one attached hydrogen (secondary N) is 1. The van der Waals surface area contributed by atoms with Gasteiger partial charge in [0.2, 0.25) is 15.9 Å². The van der Waals surface area contributed by atoms with Crippen LogP contribution in [0.5, 0.6) is 0 Å². The number of amides is 1. The standard InChI is InChI=1S/C22H27ClN2O3S/c1-17-5-2-6-18(15-17)7-3-13-24-22(26)19-8-4-14-25(16-19)29(27,28)21-11-9-20(23)10-12-21/h2,5-6,9-12,15,19H,3-4,7-8,13-14,16H2,1H3,(H,24,26)/t19-/m0/s1. The molecular weight excluding hydrogens is 408 g/mol. The highest BCUT2D eigenvalue weighted by molar-refractivity contribution is 7.89. The number of hydrogen-bond acceptors (Lipinski definition) is 3. The summed E-state index contributed by atoms with van der Waals surface area (Å²) in [6, 6.07) is 14.5. The van der Waals surface area contributed by atoms with Crippen molar-refractivity contribution in [3.8, 4) is 0 Å². The van der Waals surface area contributed by atoms with E-state index in [2.05, 4.69) is 30.4 Å². The Kier molecular flexibility index (Phi) is 7.33. The second kappa shape index (κ2) is 9.74. The largest absolute Gasteiger partial charge is 0.356 e. The molecule has 0 radical (unpaired) electrons. The molecule has 0 spiro atoms. The lowest BCUT2D eigenvalue weighted by Gasteiger charge is -2.31. The van der Waals surface area contributed by atoms with Gasteiger partial charge in [-0.1, -0.05) is 41.4 Å². The Morgan fingerprint density at radius 1 is 1.21 bits per heavy atom.